The number of piperazine rings is 1. The minimum absolute atomic E-state index is 0.0436. The molecule has 1 saturated carbocycles. The molecule has 2 aliphatic heterocycles. The number of fused-ring (bicyclic) bond motifs is 1. The summed E-state index contributed by atoms with van der Waals surface area (Å²) in [6, 6.07) is 7.71. The summed E-state index contributed by atoms with van der Waals surface area (Å²) in [4.78, 5) is 40.0. The summed E-state index contributed by atoms with van der Waals surface area (Å²) in [6.45, 7) is 3.27. The Hall–Kier alpha value is -3.00. The molecule has 1 N–H and O–H groups in total. The Labute approximate surface area is 169 Å². The lowest BCUT2D eigenvalue weighted by Crippen LogP contribution is -2.47. The second-order valence-electron chi connectivity index (χ2n) is 8.02. The second kappa shape index (κ2) is 7.11. The first-order chi connectivity index (χ1) is 14.1. The van der Waals surface area contributed by atoms with Crippen LogP contribution in [0, 0.1) is 0 Å². The van der Waals surface area contributed by atoms with Crippen molar-refractivity contribution in [1.82, 2.24) is 19.8 Å². The van der Waals surface area contributed by atoms with E-state index in [4.69, 9.17) is 0 Å². The number of likely N-dealkylation sites (N-methyl/N-ethyl adjacent to an activating group) is 1. The molecule has 1 saturated heterocycles. The molecule has 150 valence electrons. The molecule has 2 fully saturated rings. The fourth-order valence-electron chi connectivity index (χ4n) is 3.92. The van der Waals surface area contributed by atoms with Gasteiger partial charge in [-0.25, -0.2) is 4.98 Å². The van der Waals surface area contributed by atoms with Crippen molar-refractivity contribution in [3.63, 3.8) is 0 Å². The van der Waals surface area contributed by atoms with Gasteiger partial charge >= 0.3 is 0 Å². The maximum atomic E-state index is 12.8. The zero-order valence-electron chi connectivity index (χ0n) is 16.5. The molecule has 0 spiro atoms. The molecule has 2 amide bonds. The zero-order chi connectivity index (χ0) is 20.0. The van der Waals surface area contributed by atoms with Gasteiger partial charge < -0.3 is 15.1 Å². The van der Waals surface area contributed by atoms with Crippen molar-refractivity contribution in [2.75, 3.05) is 43.4 Å². The number of carbonyl (C=O) groups is 2. The summed E-state index contributed by atoms with van der Waals surface area (Å²) in [5, 5.41) is 3.19. The van der Waals surface area contributed by atoms with Crippen LogP contribution in [0.2, 0.25) is 0 Å². The Kier molecular flexibility index (Phi) is 4.43. The molecule has 29 heavy (non-hydrogen) atoms. The van der Waals surface area contributed by atoms with Crippen LogP contribution < -0.4 is 10.2 Å². The van der Waals surface area contributed by atoms with Crippen molar-refractivity contribution in [3.05, 3.63) is 41.6 Å². The molecular weight excluding hydrogens is 368 g/mol. The maximum Gasteiger partial charge on any atom is 0.254 e. The van der Waals surface area contributed by atoms with Crippen LogP contribution in [0.25, 0.3) is 0 Å². The highest BCUT2D eigenvalue weighted by molar-refractivity contribution is 6.01. The minimum Gasteiger partial charge on any atom is -0.336 e. The van der Waals surface area contributed by atoms with Crippen LogP contribution in [-0.4, -0.2) is 70.9 Å². The highest BCUT2D eigenvalue weighted by atomic mass is 16.2. The van der Waals surface area contributed by atoms with Crippen LogP contribution in [-0.2, 0) is 11.2 Å². The summed E-state index contributed by atoms with van der Waals surface area (Å²) in [7, 11) is 2.07. The molecule has 3 aliphatic rings. The van der Waals surface area contributed by atoms with Gasteiger partial charge in [0.25, 0.3) is 5.91 Å². The van der Waals surface area contributed by atoms with Crippen molar-refractivity contribution >= 4 is 29.3 Å². The fourth-order valence-corrected chi connectivity index (χ4v) is 3.92. The average Bonchev–Trinajstić information content (AvgIpc) is 3.50. The predicted molar refractivity (Wildman–Crippen MR) is 109 cm³/mol. The third kappa shape index (κ3) is 3.55. The van der Waals surface area contributed by atoms with Gasteiger partial charge in [-0.3, -0.25) is 14.5 Å². The highest BCUT2D eigenvalue weighted by Crippen LogP contribution is 2.37. The Morgan fingerprint density at radius 2 is 1.97 bits per heavy atom. The molecule has 0 unspecified atom stereocenters. The zero-order valence-corrected chi connectivity index (χ0v) is 16.5. The lowest BCUT2D eigenvalue weighted by Gasteiger charge is -2.32. The van der Waals surface area contributed by atoms with E-state index in [1.807, 2.05) is 34.1 Å². The highest BCUT2D eigenvalue weighted by Gasteiger charge is 2.40. The van der Waals surface area contributed by atoms with E-state index in [1.165, 1.54) is 0 Å². The Balaban J connectivity index is 1.33. The van der Waals surface area contributed by atoms with Crippen LogP contribution in [0.3, 0.4) is 0 Å². The number of aromatic nitrogens is 2. The fraction of sp³-hybridized carbons (Fsp3) is 0.429. The molecule has 2 aromatic rings. The van der Waals surface area contributed by atoms with E-state index in [0.717, 1.165) is 56.1 Å². The Morgan fingerprint density at radius 3 is 2.72 bits per heavy atom. The van der Waals surface area contributed by atoms with Gasteiger partial charge in [-0.2, -0.15) is 4.98 Å². The van der Waals surface area contributed by atoms with Crippen LogP contribution >= 0.6 is 0 Å². The van der Waals surface area contributed by atoms with Gasteiger partial charge in [-0.15, -0.1) is 0 Å². The molecule has 0 atom stereocenters. The van der Waals surface area contributed by atoms with Crippen molar-refractivity contribution in [2.45, 2.75) is 25.3 Å². The summed E-state index contributed by atoms with van der Waals surface area (Å²) in [5.74, 6) is 1.31. The van der Waals surface area contributed by atoms with Gasteiger partial charge in [0.15, 0.2) is 0 Å². The van der Waals surface area contributed by atoms with E-state index in [0.29, 0.717) is 17.9 Å². The Morgan fingerprint density at radius 1 is 1.17 bits per heavy atom. The lowest BCUT2D eigenvalue weighted by molar-refractivity contribution is -0.117. The standard InChI is InChI=1S/C21H24N6O2/c1-25-7-9-26(10-8-25)20(29)14-3-2-4-16(11-14)23-21-22-13-15-12-18(28)27(17-5-6-17)19(15)24-21/h2-4,11,13,17H,5-10,12H2,1H3,(H,22,23,24). The summed E-state index contributed by atoms with van der Waals surface area (Å²) in [6.07, 6.45) is 4.17. The molecule has 8 heteroatoms. The van der Waals surface area contributed by atoms with E-state index in [2.05, 4.69) is 27.2 Å². The second-order valence-corrected chi connectivity index (χ2v) is 8.02. The number of nitrogens with zero attached hydrogens (tertiary/aromatic N) is 5. The summed E-state index contributed by atoms with van der Waals surface area (Å²) >= 11 is 0. The first-order valence-electron chi connectivity index (χ1n) is 10.1. The minimum atomic E-state index is 0.0436. The van der Waals surface area contributed by atoms with E-state index >= 15 is 0 Å². The lowest BCUT2D eigenvalue weighted by atomic mass is 10.1. The molecule has 1 aromatic heterocycles. The molecule has 0 radical (unpaired) electrons. The van der Waals surface area contributed by atoms with Gasteiger partial charge in [0.05, 0.1) is 6.42 Å². The molecule has 1 aliphatic carbocycles. The van der Waals surface area contributed by atoms with Gasteiger partial charge in [-0.05, 0) is 38.1 Å². The number of rotatable bonds is 4. The number of carbonyl (C=O) groups excluding carboxylic acids is 2. The van der Waals surface area contributed by atoms with Gasteiger partial charge in [0, 0.05) is 55.2 Å². The number of hydrogen-bond donors (Lipinski definition) is 1. The smallest absolute Gasteiger partial charge is 0.254 e. The number of nitrogens with one attached hydrogen (secondary N) is 1. The van der Waals surface area contributed by atoms with Crippen molar-refractivity contribution < 1.29 is 9.59 Å². The van der Waals surface area contributed by atoms with Crippen molar-refractivity contribution in [2.24, 2.45) is 0 Å². The first kappa shape index (κ1) is 18.1. The normalized spacial score (nSPS) is 19.4. The summed E-state index contributed by atoms with van der Waals surface area (Å²) in [5.41, 5.74) is 2.29. The van der Waals surface area contributed by atoms with Gasteiger partial charge in [0.2, 0.25) is 11.9 Å². The van der Waals surface area contributed by atoms with E-state index in [9.17, 15) is 9.59 Å². The molecule has 1 aromatic carbocycles. The summed E-state index contributed by atoms with van der Waals surface area (Å²) < 4.78 is 0. The number of anilines is 3. The first-order valence-corrected chi connectivity index (χ1v) is 10.1. The van der Waals surface area contributed by atoms with Gasteiger partial charge in [0.1, 0.15) is 5.82 Å². The molecule has 8 nitrogen and oxygen atoms in total. The maximum absolute atomic E-state index is 12.8. The van der Waals surface area contributed by atoms with E-state index < -0.39 is 0 Å². The number of benzene rings is 1. The topological polar surface area (TPSA) is 81.7 Å². The largest absolute Gasteiger partial charge is 0.336 e. The van der Waals surface area contributed by atoms with Crippen molar-refractivity contribution in [3.8, 4) is 0 Å². The quantitative estimate of drug-likeness (QED) is 0.852. The van der Waals surface area contributed by atoms with E-state index in [-0.39, 0.29) is 17.9 Å². The average molecular weight is 392 g/mol. The SMILES string of the molecule is CN1CCN(C(=O)c2cccc(Nc3ncc4c(n3)N(C3CC3)C(=O)C4)c2)CC1. The number of hydrogen-bond acceptors (Lipinski definition) is 6. The van der Waals surface area contributed by atoms with Gasteiger partial charge in [-0.1, -0.05) is 6.07 Å². The monoisotopic (exact) mass is 392 g/mol. The van der Waals surface area contributed by atoms with Crippen LogP contribution in [0.1, 0.15) is 28.8 Å². The van der Waals surface area contributed by atoms with Crippen LogP contribution in [0.4, 0.5) is 17.5 Å². The third-order valence-corrected chi connectivity index (χ3v) is 5.75. The molecule has 5 rings (SSSR count). The predicted octanol–water partition coefficient (Wildman–Crippen LogP) is 1.66. The van der Waals surface area contributed by atoms with Crippen LogP contribution in [0.5, 0.6) is 0 Å². The van der Waals surface area contributed by atoms with E-state index in [1.54, 1.807) is 6.20 Å². The van der Waals surface area contributed by atoms with Crippen LogP contribution in [0.15, 0.2) is 30.5 Å². The Bertz CT molecular complexity index is 965. The molecule has 3 heterocycles. The third-order valence-electron chi connectivity index (χ3n) is 5.75. The van der Waals surface area contributed by atoms with Crippen molar-refractivity contribution in [1.29, 1.82) is 0 Å². The molecular formula is C21H24N6O2. The molecule has 0 bridgehead atoms. The number of amides is 2.